The lowest BCUT2D eigenvalue weighted by Crippen LogP contribution is -2.38. The first-order valence-electron chi connectivity index (χ1n) is 6.34. The highest BCUT2D eigenvalue weighted by molar-refractivity contribution is 6.18. The molecule has 0 aliphatic heterocycles. The topological polar surface area (TPSA) is 42.0 Å². The number of aromatic nitrogens is 1. The molecule has 0 radical (unpaired) electrons. The molecule has 1 aromatic rings. The Morgan fingerprint density at radius 3 is 2.61 bits per heavy atom. The Morgan fingerprint density at radius 2 is 2.11 bits per heavy atom. The molecule has 0 aliphatic rings. The van der Waals surface area contributed by atoms with Crippen LogP contribution in [-0.4, -0.2) is 23.3 Å². The molecule has 0 atom stereocenters. The number of hydrogen-bond donors (Lipinski definition) is 1. The Morgan fingerprint density at radius 1 is 1.44 bits per heavy atom. The monoisotopic (exact) mass is 268 g/mol. The maximum Gasteiger partial charge on any atom is 0.270 e. The number of alkyl halides is 1. The van der Waals surface area contributed by atoms with E-state index < -0.39 is 0 Å². The van der Waals surface area contributed by atoms with Gasteiger partial charge in [0.15, 0.2) is 0 Å². The predicted octanol–water partition coefficient (Wildman–Crippen LogP) is 3.17. The van der Waals surface area contributed by atoms with Gasteiger partial charge in [0.25, 0.3) is 5.91 Å². The fourth-order valence-corrected chi connectivity index (χ4v) is 2.28. The van der Waals surface area contributed by atoms with E-state index in [1.165, 1.54) is 0 Å². The summed E-state index contributed by atoms with van der Waals surface area (Å²) >= 11 is 6.02. The highest BCUT2D eigenvalue weighted by Gasteiger charge is 2.26. The summed E-state index contributed by atoms with van der Waals surface area (Å²) in [5, 5.41) is 2.95. The van der Waals surface area contributed by atoms with Crippen molar-refractivity contribution in [1.29, 1.82) is 0 Å². The van der Waals surface area contributed by atoms with Crippen molar-refractivity contribution in [1.82, 2.24) is 10.3 Å². The van der Waals surface area contributed by atoms with Crippen LogP contribution in [0.1, 0.15) is 42.7 Å². The molecule has 3 nitrogen and oxygen atoms in total. The van der Waals surface area contributed by atoms with E-state index >= 15 is 0 Å². The van der Waals surface area contributed by atoms with Gasteiger partial charge in [0.2, 0.25) is 0 Å². The second-order valence-corrected chi connectivity index (χ2v) is 4.96. The van der Waals surface area contributed by atoms with Crippen molar-refractivity contribution in [2.45, 2.75) is 33.6 Å². The molecule has 4 heteroatoms. The number of halogens is 1. The van der Waals surface area contributed by atoms with Crippen LogP contribution in [-0.2, 0) is 0 Å². The summed E-state index contributed by atoms with van der Waals surface area (Å²) in [6.45, 7) is 6.68. The van der Waals surface area contributed by atoms with Crippen LogP contribution >= 0.6 is 11.6 Å². The van der Waals surface area contributed by atoms with Crippen molar-refractivity contribution in [3.63, 3.8) is 0 Å². The standard InChI is InChI=1S/C14H21ClN2O/c1-4-14(5-2,9-15)10-17-13(18)12-11(3)7-6-8-16-12/h6-8H,4-5,9-10H2,1-3H3,(H,17,18). The molecule has 0 aliphatic carbocycles. The van der Waals surface area contributed by atoms with E-state index in [-0.39, 0.29) is 11.3 Å². The zero-order chi connectivity index (χ0) is 13.6. The average molecular weight is 269 g/mol. The number of carbonyl (C=O) groups excluding carboxylic acids is 1. The van der Waals surface area contributed by atoms with E-state index in [2.05, 4.69) is 24.1 Å². The Bertz CT molecular complexity index is 394. The van der Waals surface area contributed by atoms with Crippen molar-refractivity contribution in [2.75, 3.05) is 12.4 Å². The van der Waals surface area contributed by atoms with Crippen LogP contribution in [0.2, 0.25) is 0 Å². The third-order valence-electron chi connectivity index (χ3n) is 3.63. The van der Waals surface area contributed by atoms with Crippen molar-refractivity contribution < 1.29 is 4.79 Å². The summed E-state index contributed by atoms with van der Waals surface area (Å²) in [5.74, 6) is 0.436. The first-order chi connectivity index (χ1) is 8.58. The van der Waals surface area contributed by atoms with E-state index in [1.807, 2.05) is 19.1 Å². The first-order valence-corrected chi connectivity index (χ1v) is 6.88. The lowest BCUT2D eigenvalue weighted by molar-refractivity contribution is 0.0926. The fourth-order valence-electron chi connectivity index (χ4n) is 1.81. The average Bonchev–Trinajstić information content (AvgIpc) is 2.41. The van der Waals surface area contributed by atoms with Crippen LogP contribution in [0.3, 0.4) is 0 Å². The molecule has 100 valence electrons. The molecule has 1 N–H and O–H groups in total. The quantitative estimate of drug-likeness (QED) is 0.806. The van der Waals surface area contributed by atoms with Crippen molar-refractivity contribution in [2.24, 2.45) is 5.41 Å². The molecule has 0 fully saturated rings. The highest BCUT2D eigenvalue weighted by atomic mass is 35.5. The third kappa shape index (κ3) is 3.45. The van der Waals surface area contributed by atoms with Gasteiger partial charge >= 0.3 is 0 Å². The predicted molar refractivity (Wildman–Crippen MR) is 75.0 cm³/mol. The minimum Gasteiger partial charge on any atom is -0.350 e. The summed E-state index contributed by atoms with van der Waals surface area (Å²) in [6, 6.07) is 3.71. The fraction of sp³-hybridized carbons (Fsp3) is 0.571. The number of pyridine rings is 1. The third-order valence-corrected chi connectivity index (χ3v) is 4.20. The Balaban J connectivity index is 2.69. The number of aryl methyl sites for hydroxylation is 1. The van der Waals surface area contributed by atoms with Gasteiger partial charge in [-0.3, -0.25) is 9.78 Å². The van der Waals surface area contributed by atoms with Gasteiger partial charge in [-0.15, -0.1) is 11.6 Å². The van der Waals surface area contributed by atoms with Crippen LogP contribution in [0.25, 0.3) is 0 Å². The largest absolute Gasteiger partial charge is 0.350 e. The van der Waals surface area contributed by atoms with Gasteiger partial charge in [0.05, 0.1) is 0 Å². The van der Waals surface area contributed by atoms with Gasteiger partial charge in [-0.1, -0.05) is 19.9 Å². The number of nitrogens with one attached hydrogen (secondary N) is 1. The van der Waals surface area contributed by atoms with Crippen LogP contribution in [0, 0.1) is 12.3 Å². The molecule has 18 heavy (non-hydrogen) atoms. The van der Waals surface area contributed by atoms with Gasteiger partial charge in [-0.2, -0.15) is 0 Å². The van der Waals surface area contributed by atoms with Gasteiger partial charge in [0, 0.05) is 24.0 Å². The van der Waals surface area contributed by atoms with Gasteiger partial charge in [-0.25, -0.2) is 0 Å². The second kappa shape index (κ2) is 6.74. The van der Waals surface area contributed by atoms with E-state index in [9.17, 15) is 4.79 Å². The lowest BCUT2D eigenvalue weighted by atomic mass is 9.84. The van der Waals surface area contributed by atoms with E-state index in [1.54, 1.807) is 6.20 Å². The van der Waals surface area contributed by atoms with Gasteiger partial charge in [0.1, 0.15) is 5.69 Å². The SMILES string of the molecule is CCC(CC)(CCl)CNC(=O)c1ncccc1C. The number of carbonyl (C=O) groups is 1. The Labute approximate surface area is 114 Å². The Kier molecular flexibility index (Phi) is 5.60. The Hall–Kier alpha value is -1.09. The molecule has 0 spiro atoms. The van der Waals surface area contributed by atoms with Crippen LogP contribution in [0.15, 0.2) is 18.3 Å². The van der Waals surface area contributed by atoms with Gasteiger partial charge in [-0.05, 0) is 31.4 Å². The summed E-state index contributed by atoms with van der Waals surface area (Å²) in [6.07, 6.45) is 3.54. The normalized spacial score (nSPS) is 11.3. The van der Waals surface area contributed by atoms with E-state index in [4.69, 9.17) is 11.6 Å². The molecular weight excluding hydrogens is 248 g/mol. The molecule has 0 aromatic carbocycles. The van der Waals surface area contributed by atoms with Crippen molar-refractivity contribution in [3.05, 3.63) is 29.6 Å². The number of nitrogens with zero attached hydrogens (tertiary/aromatic N) is 1. The maximum atomic E-state index is 12.0. The van der Waals surface area contributed by atoms with Crippen LogP contribution in [0.4, 0.5) is 0 Å². The van der Waals surface area contributed by atoms with E-state index in [0.717, 1.165) is 18.4 Å². The molecule has 0 saturated heterocycles. The van der Waals surface area contributed by atoms with Crippen molar-refractivity contribution in [3.8, 4) is 0 Å². The lowest BCUT2D eigenvalue weighted by Gasteiger charge is -2.29. The smallest absolute Gasteiger partial charge is 0.270 e. The van der Waals surface area contributed by atoms with Crippen LogP contribution in [0.5, 0.6) is 0 Å². The number of rotatable bonds is 6. The summed E-state index contributed by atoms with van der Waals surface area (Å²) < 4.78 is 0. The second-order valence-electron chi connectivity index (χ2n) is 4.69. The first kappa shape index (κ1) is 15.0. The minimum atomic E-state index is -0.121. The molecule has 0 bridgehead atoms. The molecule has 1 heterocycles. The molecule has 1 rings (SSSR count). The van der Waals surface area contributed by atoms with Gasteiger partial charge < -0.3 is 5.32 Å². The molecular formula is C14H21ClN2O. The number of hydrogen-bond acceptors (Lipinski definition) is 2. The van der Waals surface area contributed by atoms with E-state index in [0.29, 0.717) is 18.1 Å². The molecule has 0 unspecified atom stereocenters. The van der Waals surface area contributed by atoms with Crippen molar-refractivity contribution >= 4 is 17.5 Å². The molecule has 1 amide bonds. The summed E-state index contributed by atoms with van der Waals surface area (Å²) in [5.41, 5.74) is 1.37. The maximum absolute atomic E-state index is 12.0. The molecule has 1 aromatic heterocycles. The summed E-state index contributed by atoms with van der Waals surface area (Å²) in [4.78, 5) is 16.2. The summed E-state index contributed by atoms with van der Waals surface area (Å²) in [7, 11) is 0. The highest BCUT2D eigenvalue weighted by Crippen LogP contribution is 2.27. The zero-order valence-electron chi connectivity index (χ0n) is 11.3. The number of amides is 1. The van der Waals surface area contributed by atoms with Crippen LogP contribution < -0.4 is 5.32 Å². The molecule has 0 saturated carbocycles. The minimum absolute atomic E-state index is 0.0140. The zero-order valence-corrected chi connectivity index (χ0v) is 12.0.